The molecule has 4 heteroatoms. The van der Waals surface area contributed by atoms with Crippen LogP contribution in [0.3, 0.4) is 0 Å². The van der Waals surface area contributed by atoms with Crippen molar-refractivity contribution < 1.29 is 19.1 Å². The van der Waals surface area contributed by atoms with E-state index < -0.39 is 11.7 Å². The third-order valence-corrected chi connectivity index (χ3v) is 8.04. The summed E-state index contributed by atoms with van der Waals surface area (Å²) in [5, 5.41) is 0. The monoisotopic (exact) mass is 472 g/mol. The molecular weight excluding hydrogens is 436 g/mol. The summed E-state index contributed by atoms with van der Waals surface area (Å²) < 4.78 is 13.0. The second-order valence-electron chi connectivity index (χ2n) is 11.5. The predicted molar refractivity (Wildman–Crippen MR) is 137 cm³/mol. The molecule has 4 nitrogen and oxygen atoms in total. The molecule has 0 radical (unpaired) electrons. The minimum absolute atomic E-state index is 0.0253. The first kappa shape index (κ1) is 24.1. The van der Waals surface area contributed by atoms with Gasteiger partial charge in [-0.05, 0) is 48.1 Å². The normalized spacial score (nSPS) is 23.2. The van der Waals surface area contributed by atoms with Gasteiger partial charge in [-0.1, -0.05) is 70.2 Å². The molecule has 1 saturated carbocycles. The molecule has 2 aromatic rings. The predicted octanol–water partition coefficient (Wildman–Crippen LogP) is 6.16. The molecule has 0 aromatic heterocycles. The lowest BCUT2D eigenvalue weighted by atomic mass is 9.66. The summed E-state index contributed by atoms with van der Waals surface area (Å²) in [5.74, 6) is -1.60. The molecule has 2 fully saturated rings. The molecule has 1 aliphatic heterocycles. The Balaban J connectivity index is 1.62. The number of carbonyl (C=O) groups excluding carboxylic acids is 2. The van der Waals surface area contributed by atoms with Crippen LogP contribution in [0.25, 0.3) is 0 Å². The van der Waals surface area contributed by atoms with Crippen molar-refractivity contribution in [1.29, 1.82) is 0 Å². The molecule has 0 spiro atoms. The van der Waals surface area contributed by atoms with Gasteiger partial charge in [0, 0.05) is 34.8 Å². The molecule has 0 amide bonds. The highest BCUT2D eigenvalue weighted by molar-refractivity contribution is 6.09. The number of hydrogen-bond donors (Lipinski definition) is 0. The van der Waals surface area contributed by atoms with E-state index in [1.807, 2.05) is 24.3 Å². The molecule has 184 valence electrons. The highest BCUT2D eigenvalue weighted by Gasteiger charge is 2.43. The molecule has 2 aliphatic carbocycles. The summed E-state index contributed by atoms with van der Waals surface area (Å²) in [6, 6.07) is 12.4. The van der Waals surface area contributed by atoms with Crippen LogP contribution in [0.5, 0.6) is 0 Å². The maximum atomic E-state index is 12.5. The number of aryl methyl sites for hydroxylation is 1. The molecule has 2 aromatic carbocycles. The number of hydrogen-bond acceptors (Lipinski definition) is 4. The summed E-state index contributed by atoms with van der Waals surface area (Å²) >= 11 is 0. The Morgan fingerprint density at radius 3 is 1.86 bits per heavy atom. The lowest BCUT2D eigenvalue weighted by Crippen LogP contribution is -2.40. The van der Waals surface area contributed by atoms with Crippen LogP contribution < -0.4 is 0 Å². The third kappa shape index (κ3) is 4.01. The van der Waals surface area contributed by atoms with Crippen molar-refractivity contribution in [2.24, 2.45) is 0 Å². The second kappa shape index (κ2) is 8.53. The van der Waals surface area contributed by atoms with Crippen LogP contribution in [-0.2, 0) is 35.7 Å². The molecule has 1 heterocycles. The van der Waals surface area contributed by atoms with E-state index in [4.69, 9.17) is 9.47 Å². The van der Waals surface area contributed by atoms with Crippen molar-refractivity contribution in [1.82, 2.24) is 0 Å². The fraction of sp³-hybridized carbons (Fsp3) is 0.484. The number of ether oxygens (including phenoxy) is 2. The Kier molecular flexibility index (Phi) is 5.89. The quantitative estimate of drug-likeness (QED) is 0.396. The first-order valence-corrected chi connectivity index (χ1v) is 12.9. The van der Waals surface area contributed by atoms with E-state index in [0.29, 0.717) is 32.5 Å². The number of benzene rings is 2. The van der Waals surface area contributed by atoms with E-state index in [1.54, 1.807) is 0 Å². The topological polar surface area (TPSA) is 52.6 Å². The van der Waals surface area contributed by atoms with Crippen molar-refractivity contribution >= 4 is 11.6 Å². The molecule has 5 rings (SSSR count). The van der Waals surface area contributed by atoms with Crippen LogP contribution in [0.1, 0.15) is 92.7 Å². The van der Waals surface area contributed by atoms with E-state index in [1.165, 1.54) is 11.1 Å². The molecule has 0 unspecified atom stereocenters. The minimum Gasteiger partial charge on any atom is -0.342 e. The molecule has 1 saturated heterocycles. The molecule has 0 atom stereocenters. The number of rotatable bonds is 3. The van der Waals surface area contributed by atoms with Crippen molar-refractivity contribution in [2.75, 3.05) is 13.2 Å². The van der Waals surface area contributed by atoms with Gasteiger partial charge in [0.25, 0.3) is 0 Å². The van der Waals surface area contributed by atoms with Gasteiger partial charge in [-0.3, -0.25) is 9.59 Å². The maximum Gasteiger partial charge on any atom is 0.222 e. The van der Waals surface area contributed by atoms with Crippen molar-refractivity contribution in [3.63, 3.8) is 0 Å². The number of allylic oxidation sites excluding steroid dienone is 2. The third-order valence-electron chi connectivity index (χ3n) is 8.04. The van der Waals surface area contributed by atoms with Crippen LogP contribution in [-0.4, -0.2) is 24.8 Å². The van der Waals surface area contributed by atoms with Gasteiger partial charge in [-0.15, -0.1) is 0 Å². The van der Waals surface area contributed by atoms with Gasteiger partial charge in [0.15, 0.2) is 0 Å². The highest BCUT2D eigenvalue weighted by atomic mass is 16.7. The van der Waals surface area contributed by atoms with Gasteiger partial charge in [-0.25, -0.2) is 0 Å². The average molecular weight is 473 g/mol. The molecular formula is C31H36O4. The summed E-state index contributed by atoms with van der Waals surface area (Å²) in [4.78, 5) is 25.0. The van der Waals surface area contributed by atoms with Crippen LogP contribution >= 0.6 is 0 Å². The Bertz CT molecular complexity index is 1180. The van der Waals surface area contributed by atoms with Gasteiger partial charge in [-0.2, -0.15) is 0 Å². The van der Waals surface area contributed by atoms with Gasteiger partial charge in [0.2, 0.25) is 5.79 Å². The first-order valence-electron chi connectivity index (χ1n) is 12.9. The lowest BCUT2D eigenvalue weighted by molar-refractivity contribution is -0.249. The molecule has 3 aliphatic rings. The van der Waals surface area contributed by atoms with E-state index in [-0.39, 0.29) is 22.4 Å². The van der Waals surface area contributed by atoms with Crippen LogP contribution in [0.2, 0.25) is 0 Å². The number of ketones is 2. The largest absolute Gasteiger partial charge is 0.342 e. The van der Waals surface area contributed by atoms with Crippen LogP contribution in [0.4, 0.5) is 0 Å². The van der Waals surface area contributed by atoms with Crippen molar-refractivity contribution in [3.8, 4) is 0 Å². The Labute approximate surface area is 208 Å². The Hall–Kier alpha value is -2.56. The van der Waals surface area contributed by atoms with E-state index in [0.717, 1.165) is 28.7 Å². The van der Waals surface area contributed by atoms with Gasteiger partial charge < -0.3 is 9.47 Å². The van der Waals surface area contributed by atoms with Crippen LogP contribution in [0.15, 0.2) is 48.6 Å². The zero-order chi connectivity index (χ0) is 25.0. The van der Waals surface area contributed by atoms with Crippen molar-refractivity contribution in [3.05, 3.63) is 81.9 Å². The Morgan fingerprint density at radius 2 is 1.29 bits per heavy atom. The fourth-order valence-electron chi connectivity index (χ4n) is 5.91. The molecule has 0 N–H and O–H groups in total. The van der Waals surface area contributed by atoms with E-state index in [9.17, 15) is 9.59 Å². The zero-order valence-corrected chi connectivity index (χ0v) is 21.6. The fourth-order valence-corrected chi connectivity index (χ4v) is 5.91. The van der Waals surface area contributed by atoms with E-state index in [2.05, 4.69) is 58.9 Å². The minimum atomic E-state index is -1.02. The summed E-state index contributed by atoms with van der Waals surface area (Å²) in [5.41, 5.74) is 6.29. The zero-order valence-electron chi connectivity index (χ0n) is 21.6. The first-order chi connectivity index (χ1) is 16.6. The highest BCUT2D eigenvalue weighted by Crippen LogP contribution is 2.46. The Morgan fingerprint density at radius 1 is 0.743 bits per heavy atom. The lowest BCUT2D eigenvalue weighted by Gasteiger charge is -2.42. The number of Topliss-reactive ketones (excluding diaryl/α,β-unsaturated/α-hetero) is 2. The second-order valence-corrected chi connectivity index (χ2v) is 11.5. The molecule has 35 heavy (non-hydrogen) atoms. The molecule has 0 bridgehead atoms. The van der Waals surface area contributed by atoms with Gasteiger partial charge in [0.05, 0.1) is 13.2 Å². The SMILES string of the molecule is Cc1cc2c(cc1C1(c3ccc(C4C(=O)CCCC4=O)cc3)OCCCO1)C(C)(C)C=CC2(C)C. The smallest absolute Gasteiger partial charge is 0.222 e. The van der Waals surface area contributed by atoms with Crippen LogP contribution in [0, 0.1) is 6.92 Å². The average Bonchev–Trinajstić information content (AvgIpc) is 2.83. The maximum absolute atomic E-state index is 12.5. The standard InChI is InChI=1S/C31H36O4/c1-20-18-24-25(30(4,5)15-14-29(24,2)3)19-23(20)31(34-16-7-17-35-31)22-12-10-21(11-13-22)28-26(32)8-6-9-27(28)33/h10-15,18-19,28H,6-9,16-17H2,1-5H3. The summed E-state index contributed by atoms with van der Waals surface area (Å²) in [6.45, 7) is 12.4. The number of fused-ring (bicyclic) bond motifs is 1. The van der Waals surface area contributed by atoms with E-state index >= 15 is 0 Å². The summed E-state index contributed by atoms with van der Waals surface area (Å²) in [6.07, 6.45) is 7.07. The van der Waals surface area contributed by atoms with Gasteiger partial charge >= 0.3 is 0 Å². The summed E-state index contributed by atoms with van der Waals surface area (Å²) in [7, 11) is 0. The van der Waals surface area contributed by atoms with Crippen molar-refractivity contribution in [2.45, 2.75) is 82.8 Å². The number of carbonyl (C=O) groups is 2. The van der Waals surface area contributed by atoms with Gasteiger partial charge in [0.1, 0.15) is 17.5 Å².